The van der Waals surface area contributed by atoms with Gasteiger partial charge in [-0.3, -0.25) is 0 Å². The number of rotatable bonds is 7. The summed E-state index contributed by atoms with van der Waals surface area (Å²) in [5.41, 5.74) is 2.58. The molecule has 0 radical (unpaired) electrons. The van der Waals surface area contributed by atoms with Crippen LogP contribution in [0.3, 0.4) is 0 Å². The molecule has 0 saturated heterocycles. The molecule has 5 heteroatoms. The fourth-order valence-electron chi connectivity index (χ4n) is 2.28. The van der Waals surface area contributed by atoms with Crippen LogP contribution >= 0.6 is 0 Å². The van der Waals surface area contributed by atoms with Crippen LogP contribution in [-0.4, -0.2) is 14.1 Å². The molecule has 0 spiro atoms. The fraction of sp³-hybridized carbons (Fsp3) is 0.278. The average molecular weight is 330 g/mol. The van der Waals surface area contributed by atoms with Gasteiger partial charge in [-0.25, -0.2) is 13.1 Å². The van der Waals surface area contributed by atoms with Crippen LogP contribution in [0.2, 0.25) is 0 Å². The Morgan fingerprint density at radius 2 is 1.70 bits per heavy atom. The van der Waals surface area contributed by atoms with E-state index in [9.17, 15) is 8.42 Å². The average Bonchev–Trinajstić information content (AvgIpc) is 2.53. The third-order valence-corrected chi connectivity index (χ3v) is 5.21. The Balaban J connectivity index is 2.08. The van der Waals surface area contributed by atoms with Crippen LogP contribution in [0.5, 0.6) is 0 Å². The summed E-state index contributed by atoms with van der Waals surface area (Å²) in [5.74, 6) is 0. The smallest absolute Gasteiger partial charge is 0.241 e. The number of hydrogen-bond donors (Lipinski definition) is 2. The molecule has 0 saturated carbocycles. The highest BCUT2D eigenvalue weighted by Gasteiger charge is 2.18. The van der Waals surface area contributed by atoms with E-state index in [4.69, 9.17) is 5.41 Å². The van der Waals surface area contributed by atoms with Gasteiger partial charge < -0.3 is 5.41 Å². The van der Waals surface area contributed by atoms with Crippen molar-refractivity contribution in [2.45, 2.75) is 37.6 Å². The van der Waals surface area contributed by atoms with Gasteiger partial charge in [0.15, 0.2) is 0 Å². The highest BCUT2D eigenvalue weighted by molar-refractivity contribution is 7.89. The Morgan fingerprint density at radius 3 is 2.26 bits per heavy atom. The number of sulfonamides is 1. The summed E-state index contributed by atoms with van der Waals surface area (Å²) < 4.78 is 27.6. The van der Waals surface area contributed by atoms with Crippen LogP contribution in [0.25, 0.3) is 0 Å². The predicted molar refractivity (Wildman–Crippen MR) is 93.3 cm³/mol. The van der Waals surface area contributed by atoms with Gasteiger partial charge in [0.25, 0.3) is 0 Å². The Kier molecular flexibility index (Phi) is 5.69. The van der Waals surface area contributed by atoms with Crippen molar-refractivity contribution in [3.63, 3.8) is 0 Å². The first-order valence-corrected chi connectivity index (χ1v) is 9.07. The Bertz CT molecular complexity index is 753. The van der Waals surface area contributed by atoms with E-state index in [1.165, 1.54) is 0 Å². The summed E-state index contributed by atoms with van der Waals surface area (Å²) in [6.07, 6.45) is 1.44. The predicted octanol–water partition coefficient (Wildman–Crippen LogP) is 3.70. The Labute approximate surface area is 138 Å². The summed E-state index contributed by atoms with van der Waals surface area (Å²) in [5, 5.41) is 7.44. The van der Waals surface area contributed by atoms with Crippen LogP contribution in [0.4, 0.5) is 0 Å². The molecule has 2 rings (SSSR count). The van der Waals surface area contributed by atoms with Gasteiger partial charge in [0.05, 0.1) is 4.90 Å². The molecule has 2 N–H and O–H groups in total. The Morgan fingerprint density at radius 1 is 1.09 bits per heavy atom. The first-order valence-electron chi connectivity index (χ1n) is 7.59. The van der Waals surface area contributed by atoms with Gasteiger partial charge in [0.2, 0.25) is 10.0 Å². The minimum atomic E-state index is -3.55. The molecule has 122 valence electrons. The number of aryl methyl sites for hydroxylation is 1. The quantitative estimate of drug-likeness (QED) is 0.760. The molecule has 2 aromatic rings. The van der Waals surface area contributed by atoms with Gasteiger partial charge in [-0.2, -0.15) is 0 Å². The van der Waals surface area contributed by atoms with Crippen molar-refractivity contribution in [2.75, 3.05) is 0 Å². The molecular weight excluding hydrogens is 308 g/mol. The van der Waals surface area contributed by atoms with E-state index in [1.807, 2.05) is 49.4 Å². The molecule has 0 heterocycles. The second-order valence-electron chi connectivity index (χ2n) is 5.68. The van der Waals surface area contributed by atoms with Gasteiger partial charge in [-0.1, -0.05) is 42.5 Å². The van der Waals surface area contributed by atoms with E-state index in [-0.39, 0.29) is 10.9 Å². The lowest BCUT2D eigenvalue weighted by atomic mass is 10.1. The minimum absolute atomic E-state index is 0.260. The molecule has 0 aliphatic carbocycles. The van der Waals surface area contributed by atoms with E-state index in [0.717, 1.165) is 17.5 Å². The van der Waals surface area contributed by atoms with Crippen molar-refractivity contribution >= 4 is 15.7 Å². The van der Waals surface area contributed by atoms with Crippen LogP contribution in [0.1, 0.15) is 37.4 Å². The summed E-state index contributed by atoms with van der Waals surface area (Å²) in [7, 11) is -3.55. The maximum atomic E-state index is 12.4. The third kappa shape index (κ3) is 5.01. The van der Waals surface area contributed by atoms with Gasteiger partial charge >= 0.3 is 0 Å². The van der Waals surface area contributed by atoms with Gasteiger partial charge in [0.1, 0.15) is 0 Å². The first-order chi connectivity index (χ1) is 10.9. The lowest BCUT2D eigenvalue weighted by molar-refractivity contribution is 0.567. The van der Waals surface area contributed by atoms with Crippen LogP contribution in [-0.2, 0) is 16.4 Å². The van der Waals surface area contributed by atoms with Crippen molar-refractivity contribution in [1.82, 2.24) is 4.72 Å². The third-order valence-electron chi connectivity index (χ3n) is 3.65. The molecule has 0 bridgehead atoms. The van der Waals surface area contributed by atoms with E-state index < -0.39 is 10.0 Å². The van der Waals surface area contributed by atoms with Crippen LogP contribution < -0.4 is 4.72 Å². The molecule has 0 fully saturated rings. The molecule has 0 aliphatic heterocycles. The monoisotopic (exact) mass is 330 g/mol. The summed E-state index contributed by atoms with van der Waals surface area (Å²) in [4.78, 5) is 0.260. The van der Waals surface area contributed by atoms with Crippen molar-refractivity contribution in [1.29, 1.82) is 5.41 Å². The molecule has 0 aliphatic rings. The van der Waals surface area contributed by atoms with E-state index in [1.54, 1.807) is 19.1 Å². The van der Waals surface area contributed by atoms with Crippen molar-refractivity contribution in [3.05, 3.63) is 65.7 Å². The summed E-state index contributed by atoms with van der Waals surface area (Å²) >= 11 is 0. The second kappa shape index (κ2) is 7.53. The lowest BCUT2D eigenvalue weighted by Crippen LogP contribution is -2.26. The summed E-state index contributed by atoms with van der Waals surface area (Å²) in [6, 6.07) is 16.0. The zero-order valence-electron chi connectivity index (χ0n) is 13.4. The fourth-order valence-corrected chi connectivity index (χ4v) is 3.51. The highest BCUT2D eigenvalue weighted by Crippen LogP contribution is 2.17. The van der Waals surface area contributed by atoms with Crippen LogP contribution in [0.15, 0.2) is 59.5 Å². The maximum absolute atomic E-state index is 12.4. The molecule has 0 aromatic heterocycles. The first kappa shape index (κ1) is 17.4. The molecular formula is C18H22N2O2S. The van der Waals surface area contributed by atoms with Crippen molar-refractivity contribution in [2.24, 2.45) is 0 Å². The van der Waals surface area contributed by atoms with Crippen LogP contribution in [0, 0.1) is 5.41 Å². The molecule has 4 nitrogen and oxygen atoms in total. The highest BCUT2D eigenvalue weighted by atomic mass is 32.2. The van der Waals surface area contributed by atoms with Crippen molar-refractivity contribution < 1.29 is 8.42 Å². The maximum Gasteiger partial charge on any atom is 0.241 e. The number of hydrogen-bond acceptors (Lipinski definition) is 3. The number of benzene rings is 2. The molecule has 1 atom stereocenters. The standard InChI is InChI=1S/C18H22N2O2S/c1-14(19)8-9-16-10-12-18(13-11-16)23(21,22)20-15(2)17-6-4-3-5-7-17/h3-7,10-13,15,19-20H,8-9H2,1-2H3/t15-/m0/s1. The second-order valence-corrected chi connectivity index (χ2v) is 7.39. The topological polar surface area (TPSA) is 70.0 Å². The van der Waals surface area contributed by atoms with E-state index >= 15 is 0 Å². The van der Waals surface area contributed by atoms with Gasteiger partial charge in [0, 0.05) is 11.8 Å². The Hall–Kier alpha value is -1.98. The molecule has 0 amide bonds. The number of nitrogens with one attached hydrogen (secondary N) is 2. The van der Waals surface area contributed by atoms with Crippen molar-refractivity contribution in [3.8, 4) is 0 Å². The molecule has 0 unspecified atom stereocenters. The normalized spacial score (nSPS) is 12.8. The zero-order valence-corrected chi connectivity index (χ0v) is 14.2. The lowest BCUT2D eigenvalue weighted by Gasteiger charge is -2.15. The summed E-state index contributed by atoms with van der Waals surface area (Å²) in [6.45, 7) is 3.60. The van der Waals surface area contributed by atoms with Gasteiger partial charge in [-0.05, 0) is 49.9 Å². The molecule has 23 heavy (non-hydrogen) atoms. The SMILES string of the molecule is CC(=N)CCc1ccc(S(=O)(=O)N[C@@H](C)c2ccccc2)cc1. The largest absolute Gasteiger partial charge is 0.310 e. The van der Waals surface area contributed by atoms with E-state index in [0.29, 0.717) is 12.1 Å². The molecule has 2 aromatic carbocycles. The van der Waals surface area contributed by atoms with Gasteiger partial charge in [-0.15, -0.1) is 0 Å². The minimum Gasteiger partial charge on any atom is -0.310 e. The zero-order chi connectivity index (χ0) is 16.9. The van der Waals surface area contributed by atoms with E-state index in [2.05, 4.69) is 4.72 Å².